The van der Waals surface area contributed by atoms with E-state index in [1.165, 1.54) is 18.2 Å². The Hall–Kier alpha value is -2.68. The van der Waals surface area contributed by atoms with Crippen molar-refractivity contribution < 1.29 is 14.3 Å². The molecule has 20 heavy (non-hydrogen) atoms. The molecule has 0 saturated heterocycles. The average Bonchev–Trinajstić information content (AvgIpc) is 2.45. The van der Waals surface area contributed by atoms with E-state index in [2.05, 4.69) is 0 Å². The second-order valence-electron chi connectivity index (χ2n) is 4.22. The molecule has 2 nitrogen and oxygen atoms in total. The summed E-state index contributed by atoms with van der Waals surface area (Å²) in [6, 6.07) is 13.7. The highest BCUT2D eigenvalue weighted by Crippen LogP contribution is 2.11. The number of hydrogen-bond donors (Lipinski definition) is 1. The normalized spacial score (nSPS) is 11.2. The summed E-state index contributed by atoms with van der Waals surface area (Å²) in [5.41, 5.74) is 2.73. The quantitative estimate of drug-likeness (QED) is 0.669. The van der Waals surface area contributed by atoms with Crippen LogP contribution in [0, 0.1) is 5.82 Å². The van der Waals surface area contributed by atoms with Crippen LogP contribution in [0.5, 0.6) is 0 Å². The molecule has 2 rings (SSSR count). The lowest BCUT2D eigenvalue weighted by Gasteiger charge is -1.96. The monoisotopic (exact) mass is 268 g/mol. The van der Waals surface area contributed by atoms with Crippen molar-refractivity contribution in [3.05, 3.63) is 77.1 Å². The lowest BCUT2D eigenvalue weighted by atomic mass is 10.1. The molecule has 0 heterocycles. The SMILES string of the molecule is O=C(O)C=Cc1ccc(C=Cc2ccc(F)cc2)cc1. The Morgan fingerprint density at radius 1 is 0.800 bits per heavy atom. The van der Waals surface area contributed by atoms with Crippen LogP contribution in [-0.4, -0.2) is 11.1 Å². The predicted octanol–water partition coefficient (Wildman–Crippen LogP) is 4.09. The van der Waals surface area contributed by atoms with Crippen LogP contribution in [0.3, 0.4) is 0 Å². The first-order chi connectivity index (χ1) is 9.63. The van der Waals surface area contributed by atoms with Gasteiger partial charge in [0.2, 0.25) is 0 Å². The predicted molar refractivity (Wildman–Crippen MR) is 78.4 cm³/mol. The zero-order chi connectivity index (χ0) is 14.4. The van der Waals surface area contributed by atoms with Crippen molar-refractivity contribution in [2.24, 2.45) is 0 Å². The fourth-order valence-corrected chi connectivity index (χ4v) is 1.65. The van der Waals surface area contributed by atoms with Gasteiger partial charge in [-0.1, -0.05) is 48.6 Å². The van der Waals surface area contributed by atoms with E-state index in [0.717, 1.165) is 22.8 Å². The van der Waals surface area contributed by atoms with Gasteiger partial charge in [0.1, 0.15) is 5.82 Å². The molecular weight excluding hydrogens is 255 g/mol. The number of rotatable bonds is 4. The van der Waals surface area contributed by atoms with Gasteiger partial charge in [-0.3, -0.25) is 0 Å². The number of halogens is 1. The average molecular weight is 268 g/mol. The molecule has 100 valence electrons. The van der Waals surface area contributed by atoms with Crippen molar-refractivity contribution in [1.82, 2.24) is 0 Å². The largest absolute Gasteiger partial charge is 0.478 e. The number of carbonyl (C=O) groups is 1. The minimum absolute atomic E-state index is 0.253. The third-order valence-corrected chi connectivity index (χ3v) is 2.69. The molecule has 3 heteroatoms. The van der Waals surface area contributed by atoms with Gasteiger partial charge in [-0.2, -0.15) is 0 Å². The Balaban J connectivity index is 2.07. The van der Waals surface area contributed by atoms with Crippen LogP contribution in [0.25, 0.3) is 18.2 Å². The third-order valence-electron chi connectivity index (χ3n) is 2.69. The summed E-state index contributed by atoms with van der Waals surface area (Å²) in [5, 5.41) is 8.53. The van der Waals surface area contributed by atoms with Gasteiger partial charge in [0.15, 0.2) is 0 Å². The topological polar surface area (TPSA) is 37.3 Å². The lowest BCUT2D eigenvalue weighted by Crippen LogP contribution is -1.85. The van der Waals surface area contributed by atoms with Gasteiger partial charge in [0.05, 0.1) is 0 Å². The standard InChI is InChI=1S/C17H13FO2/c18-16-10-7-15(8-11-16)6-3-13-1-4-14(5-2-13)9-12-17(19)20/h1-12H,(H,19,20). The molecule has 0 amide bonds. The maximum absolute atomic E-state index is 12.8. The fourth-order valence-electron chi connectivity index (χ4n) is 1.65. The van der Waals surface area contributed by atoms with Crippen molar-refractivity contribution >= 4 is 24.2 Å². The third kappa shape index (κ3) is 4.21. The van der Waals surface area contributed by atoms with Crippen LogP contribution < -0.4 is 0 Å². The maximum atomic E-state index is 12.8. The minimum atomic E-state index is -0.967. The van der Waals surface area contributed by atoms with Gasteiger partial charge in [-0.05, 0) is 34.9 Å². The summed E-state index contributed by atoms with van der Waals surface area (Å²) in [6.45, 7) is 0. The van der Waals surface area contributed by atoms with Crippen molar-refractivity contribution in [3.63, 3.8) is 0 Å². The summed E-state index contributed by atoms with van der Waals surface area (Å²) in [5.74, 6) is -1.22. The Labute approximate surface area is 116 Å². The van der Waals surface area contributed by atoms with Crippen LogP contribution in [0.4, 0.5) is 4.39 Å². The number of carboxylic acid groups (broad SMARTS) is 1. The lowest BCUT2D eigenvalue weighted by molar-refractivity contribution is -0.131. The Morgan fingerprint density at radius 2 is 1.20 bits per heavy atom. The van der Waals surface area contributed by atoms with E-state index >= 15 is 0 Å². The highest BCUT2D eigenvalue weighted by Gasteiger charge is 1.92. The van der Waals surface area contributed by atoms with E-state index < -0.39 is 5.97 Å². The van der Waals surface area contributed by atoms with E-state index in [4.69, 9.17) is 5.11 Å². The zero-order valence-corrected chi connectivity index (χ0v) is 10.7. The van der Waals surface area contributed by atoms with Crippen LogP contribution in [0.1, 0.15) is 16.7 Å². The summed E-state index contributed by atoms with van der Waals surface area (Å²) in [7, 11) is 0. The van der Waals surface area contributed by atoms with Crippen molar-refractivity contribution in [1.29, 1.82) is 0 Å². The molecule has 1 N–H and O–H groups in total. The van der Waals surface area contributed by atoms with Gasteiger partial charge in [0, 0.05) is 6.08 Å². The number of benzene rings is 2. The first kappa shape index (κ1) is 13.7. The molecule has 0 bridgehead atoms. The summed E-state index contributed by atoms with van der Waals surface area (Å²) in [6.07, 6.45) is 6.44. The first-order valence-electron chi connectivity index (χ1n) is 6.08. The van der Waals surface area contributed by atoms with E-state index in [1.54, 1.807) is 12.1 Å². The first-order valence-corrected chi connectivity index (χ1v) is 6.08. The number of carboxylic acids is 1. The maximum Gasteiger partial charge on any atom is 0.328 e. The summed E-state index contributed by atoms with van der Waals surface area (Å²) >= 11 is 0. The van der Waals surface area contributed by atoms with Gasteiger partial charge in [-0.25, -0.2) is 9.18 Å². The smallest absolute Gasteiger partial charge is 0.328 e. The number of hydrogen-bond acceptors (Lipinski definition) is 1. The van der Waals surface area contributed by atoms with Gasteiger partial charge >= 0.3 is 5.97 Å². The van der Waals surface area contributed by atoms with Crippen molar-refractivity contribution in [2.45, 2.75) is 0 Å². The molecule has 0 spiro atoms. The zero-order valence-electron chi connectivity index (χ0n) is 10.7. The molecular formula is C17H13FO2. The molecule has 0 aliphatic carbocycles. The Bertz CT molecular complexity index is 638. The molecule has 0 fully saturated rings. The van der Waals surface area contributed by atoms with Crippen molar-refractivity contribution in [2.75, 3.05) is 0 Å². The summed E-state index contributed by atoms with van der Waals surface area (Å²) < 4.78 is 12.8. The molecule has 2 aromatic carbocycles. The molecule has 0 aliphatic heterocycles. The second-order valence-corrected chi connectivity index (χ2v) is 4.22. The highest BCUT2D eigenvalue weighted by molar-refractivity contribution is 5.85. The molecule has 2 aromatic rings. The van der Waals surface area contributed by atoms with Crippen LogP contribution >= 0.6 is 0 Å². The van der Waals surface area contributed by atoms with Crippen LogP contribution in [0.2, 0.25) is 0 Å². The van der Waals surface area contributed by atoms with Crippen molar-refractivity contribution in [3.8, 4) is 0 Å². The molecule has 0 radical (unpaired) electrons. The van der Waals surface area contributed by atoms with E-state index in [1.807, 2.05) is 36.4 Å². The molecule has 0 aromatic heterocycles. The van der Waals surface area contributed by atoms with Gasteiger partial charge < -0.3 is 5.11 Å². The second kappa shape index (κ2) is 6.48. The van der Waals surface area contributed by atoms with E-state index in [0.29, 0.717) is 0 Å². The highest BCUT2D eigenvalue weighted by atomic mass is 19.1. The Kier molecular flexibility index (Phi) is 4.45. The molecule has 0 unspecified atom stereocenters. The Morgan fingerprint density at radius 3 is 1.65 bits per heavy atom. The van der Waals surface area contributed by atoms with Crippen LogP contribution in [-0.2, 0) is 4.79 Å². The van der Waals surface area contributed by atoms with Crippen LogP contribution in [0.15, 0.2) is 54.6 Å². The molecule has 0 saturated carbocycles. The molecule has 0 aliphatic rings. The summed E-state index contributed by atoms with van der Waals surface area (Å²) in [4.78, 5) is 10.4. The molecule has 0 atom stereocenters. The van der Waals surface area contributed by atoms with E-state index in [-0.39, 0.29) is 5.82 Å². The van der Waals surface area contributed by atoms with Gasteiger partial charge in [0.25, 0.3) is 0 Å². The number of aliphatic carboxylic acids is 1. The fraction of sp³-hybridized carbons (Fsp3) is 0. The van der Waals surface area contributed by atoms with Gasteiger partial charge in [-0.15, -0.1) is 0 Å². The van der Waals surface area contributed by atoms with E-state index in [9.17, 15) is 9.18 Å². The minimum Gasteiger partial charge on any atom is -0.478 e.